The lowest BCUT2D eigenvalue weighted by molar-refractivity contribution is -0.148. The Hall–Kier alpha value is -2.15. The third-order valence-corrected chi connectivity index (χ3v) is 3.11. The first kappa shape index (κ1) is 12.3. The maximum atomic E-state index is 11.7. The van der Waals surface area contributed by atoms with Crippen molar-refractivity contribution in [3.63, 3.8) is 0 Å². The number of piperidine rings is 1. The van der Waals surface area contributed by atoms with Gasteiger partial charge in [0.05, 0.1) is 12.0 Å². The maximum absolute atomic E-state index is 11.7. The Morgan fingerprint density at radius 3 is 2.33 bits per heavy atom. The van der Waals surface area contributed by atoms with Crippen LogP contribution in [0.2, 0.25) is 0 Å². The summed E-state index contributed by atoms with van der Waals surface area (Å²) in [6.45, 7) is 0.165. The molecule has 2 rings (SSSR count). The minimum atomic E-state index is -0.447. The van der Waals surface area contributed by atoms with Crippen LogP contribution in [0, 0.1) is 11.3 Å². The Kier molecular flexibility index (Phi) is 3.73. The molecule has 1 aromatic carbocycles. The Bertz CT molecular complexity index is 474. The van der Waals surface area contributed by atoms with E-state index in [0.29, 0.717) is 19.3 Å². The molecule has 1 saturated heterocycles. The largest absolute Gasteiger partial charge is 0.281 e. The number of carbonyl (C=O) groups is 2. The average molecular weight is 242 g/mol. The van der Waals surface area contributed by atoms with E-state index >= 15 is 0 Å². The fourth-order valence-electron chi connectivity index (χ4n) is 2.09. The van der Waals surface area contributed by atoms with E-state index in [0.717, 1.165) is 5.56 Å². The number of rotatable bonds is 3. The van der Waals surface area contributed by atoms with Gasteiger partial charge in [-0.15, -0.1) is 0 Å². The Morgan fingerprint density at radius 2 is 1.78 bits per heavy atom. The molecule has 0 saturated carbocycles. The molecule has 1 atom stereocenters. The van der Waals surface area contributed by atoms with Gasteiger partial charge < -0.3 is 0 Å². The van der Waals surface area contributed by atoms with E-state index in [2.05, 4.69) is 6.07 Å². The molecule has 1 unspecified atom stereocenters. The lowest BCUT2D eigenvalue weighted by atomic mass is 9.98. The number of carbonyl (C=O) groups excluding carboxylic acids is 2. The molecule has 4 heteroatoms. The van der Waals surface area contributed by atoms with Crippen molar-refractivity contribution in [2.24, 2.45) is 0 Å². The van der Waals surface area contributed by atoms with Crippen LogP contribution in [-0.2, 0) is 9.59 Å². The first-order valence-electron chi connectivity index (χ1n) is 6.00. The first-order valence-corrected chi connectivity index (χ1v) is 6.00. The molecule has 1 aliphatic rings. The summed E-state index contributed by atoms with van der Waals surface area (Å²) in [5, 5.41) is 9.18. The Balaban J connectivity index is 2.14. The van der Waals surface area contributed by atoms with Crippen molar-refractivity contribution in [1.82, 2.24) is 4.90 Å². The fourth-order valence-corrected chi connectivity index (χ4v) is 2.09. The van der Waals surface area contributed by atoms with Crippen LogP contribution in [-0.4, -0.2) is 23.3 Å². The van der Waals surface area contributed by atoms with Crippen LogP contribution < -0.4 is 0 Å². The topological polar surface area (TPSA) is 61.2 Å². The highest BCUT2D eigenvalue weighted by molar-refractivity contribution is 5.97. The maximum Gasteiger partial charge on any atom is 0.229 e. The van der Waals surface area contributed by atoms with Crippen LogP contribution in [0.25, 0.3) is 0 Å². The number of likely N-dealkylation sites (tertiary alicyclic amines) is 1. The summed E-state index contributed by atoms with van der Waals surface area (Å²) >= 11 is 0. The average Bonchev–Trinajstić information content (AvgIpc) is 2.40. The summed E-state index contributed by atoms with van der Waals surface area (Å²) < 4.78 is 0. The highest BCUT2D eigenvalue weighted by Gasteiger charge is 2.28. The highest BCUT2D eigenvalue weighted by Crippen LogP contribution is 2.20. The van der Waals surface area contributed by atoms with E-state index in [4.69, 9.17) is 0 Å². The number of hydrogen-bond donors (Lipinski definition) is 0. The zero-order chi connectivity index (χ0) is 13.0. The van der Waals surface area contributed by atoms with Crippen LogP contribution in [0.15, 0.2) is 30.3 Å². The molecular formula is C14H14N2O2. The predicted octanol–water partition coefficient (Wildman–Crippen LogP) is 1.83. The van der Waals surface area contributed by atoms with Crippen molar-refractivity contribution in [3.8, 4) is 6.07 Å². The molecule has 4 nitrogen and oxygen atoms in total. The van der Waals surface area contributed by atoms with Gasteiger partial charge in [0.25, 0.3) is 0 Å². The summed E-state index contributed by atoms with van der Waals surface area (Å²) in [7, 11) is 0. The molecular weight excluding hydrogens is 228 g/mol. The Morgan fingerprint density at radius 1 is 1.17 bits per heavy atom. The summed E-state index contributed by atoms with van der Waals surface area (Å²) in [6.07, 6.45) is 1.42. The lowest BCUT2D eigenvalue weighted by Crippen LogP contribution is -2.42. The summed E-state index contributed by atoms with van der Waals surface area (Å²) in [6, 6.07) is 11.4. The predicted molar refractivity (Wildman–Crippen MR) is 65.4 cm³/mol. The van der Waals surface area contributed by atoms with Crippen LogP contribution in [0.4, 0.5) is 0 Å². The summed E-state index contributed by atoms with van der Waals surface area (Å²) in [5.74, 6) is -0.776. The third-order valence-electron chi connectivity index (χ3n) is 3.11. The molecule has 1 aromatic rings. The van der Waals surface area contributed by atoms with Crippen LogP contribution in [0.3, 0.4) is 0 Å². The van der Waals surface area contributed by atoms with Gasteiger partial charge in [-0.25, -0.2) is 0 Å². The van der Waals surface area contributed by atoms with Gasteiger partial charge in [0, 0.05) is 19.4 Å². The lowest BCUT2D eigenvalue weighted by Gasteiger charge is -2.26. The fraction of sp³-hybridized carbons (Fsp3) is 0.357. The van der Waals surface area contributed by atoms with Crippen LogP contribution in [0.1, 0.15) is 30.7 Å². The van der Waals surface area contributed by atoms with E-state index in [1.54, 1.807) is 0 Å². The molecule has 0 aliphatic carbocycles. The SMILES string of the molecule is N#CC(CN1C(=O)CCCC1=O)c1ccccc1. The van der Waals surface area contributed by atoms with Gasteiger partial charge in [-0.3, -0.25) is 14.5 Å². The van der Waals surface area contributed by atoms with Crippen molar-refractivity contribution in [2.45, 2.75) is 25.2 Å². The molecule has 0 N–H and O–H groups in total. The van der Waals surface area contributed by atoms with Gasteiger partial charge in [0.2, 0.25) is 11.8 Å². The van der Waals surface area contributed by atoms with Crippen LogP contribution >= 0.6 is 0 Å². The van der Waals surface area contributed by atoms with E-state index in [1.807, 2.05) is 30.3 Å². The van der Waals surface area contributed by atoms with Gasteiger partial charge in [0.15, 0.2) is 0 Å². The molecule has 1 heterocycles. The van der Waals surface area contributed by atoms with Gasteiger partial charge >= 0.3 is 0 Å². The minimum absolute atomic E-state index is 0.164. The van der Waals surface area contributed by atoms with Crippen LogP contribution in [0.5, 0.6) is 0 Å². The van der Waals surface area contributed by atoms with Gasteiger partial charge in [-0.1, -0.05) is 30.3 Å². The van der Waals surface area contributed by atoms with E-state index < -0.39 is 5.92 Å². The molecule has 0 aromatic heterocycles. The number of imide groups is 1. The molecule has 0 spiro atoms. The molecule has 0 bridgehead atoms. The van der Waals surface area contributed by atoms with E-state index in [-0.39, 0.29) is 18.4 Å². The van der Waals surface area contributed by atoms with Crippen molar-refractivity contribution >= 4 is 11.8 Å². The number of hydrogen-bond acceptors (Lipinski definition) is 3. The van der Waals surface area contributed by atoms with E-state index in [9.17, 15) is 14.9 Å². The molecule has 1 aliphatic heterocycles. The second kappa shape index (κ2) is 5.46. The van der Waals surface area contributed by atoms with E-state index in [1.165, 1.54) is 4.90 Å². The third kappa shape index (κ3) is 2.57. The van der Waals surface area contributed by atoms with Gasteiger partial charge in [-0.05, 0) is 12.0 Å². The number of amides is 2. The summed E-state index contributed by atoms with van der Waals surface area (Å²) in [4.78, 5) is 24.6. The van der Waals surface area contributed by atoms with Crippen molar-refractivity contribution in [1.29, 1.82) is 5.26 Å². The zero-order valence-electron chi connectivity index (χ0n) is 10.0. The molecule has 92 valence electrons. The standard InChI is InChI=1S/C14H14N2O2/c15-9-12(11-5-2-1-3-6-11)10-16-13(17)7-4-8-14(16)18/h1-3,5-6,12H,4,7-8,10H2. The quantitative estimate of drug-likeness (QED) is 0.760. The second-order valence-corrected chi connectivity index (χ2v) is 4.34. The Labute approximate surface area is 106 Å². The molecule has 18 heavy (non-hydrogen) atoms. The normalized spacial score (nSPS) is 17.4. The molecule has 0 radical (unpaired) electrons. The summed E-state index contributed by atoms with van der Waals surface area (Å²) in [5.41, 5.74) is 0.839. The highest BCUT2D eigenvalue weighted by atomic mass is 16.2. The number of nitrogens with zero attached hydrogens (tertiary/aromatic N) is 2. The van der Waals surface area contributed by atoms with Crippen molar-refractivity contribution in [2.75, 3.05) is 6.54 Å². The first-order chi connectivity index (χ1) is 8.72. The van der Waals surface area contributed by atoms with Gasteiger partial charge in [0.1, 0.15) is 0 Å². The molecule has 2 amide bonds. The monoisotopic (exact) mass is 242 g/mol. The molecule has 1 fully saturated rings. The number of nitriles is 1. The second-order valence-electron chi connectivity index (χ2n) is 4.34. The minimum Gasteiger partial charge on any atom is -0.281 e. The zero-order valence-corrected chi connectivity index (χ0v) is 10.0. The van der Waals surface area contributed by atoms with Crippen molar-refractivity contribution in [3.05, 3.63) is 35.9 Å². The van der Waals surface area contributed by atoms with Gasteiger partial charge in [-0.2, -0.15) is 5.26 Å². The number of benzene rings is 1. The van der Waals surface area contributed by atoms with Crippen molar-refractivity contribution < 1.29 is 9.59 Å². The smallest absolute Gasteiger partial charge is 0.229 e.